The first kappa shape index (κ1) is 13.7. The molecule has 3 heterocycles. The van der Waals surface area contributed by atoms with E-state index in [0.717, 1.165) is 49.7 Å². The zero-order valence-corrected chi connectivity index (χ0v) is 12.8. The van der Waals surface area contributed by atoms with Crippen molar-refractivity contribution in [1.82, 2.24) is 9.97 Å². The molecule has 0 bridgehead atoms. The van der Waals surface area contributed by atoms with Crippen LogP contribution in [0.3, 0.4) is 0 Å². The molecule has 0 aliphatic carbocycles. The van der Waals surface area contributed by atoms with Crippen LogP contribution in [-0.4, -0.2) is 36.1 Å². The molecule has 0 aromatic carbocycles. The lowest BCUT2D eigenvalue weighted by Crippen LogP contribution is -2.36. The molecule has 1 aromatic heterocycles. The molecule has 2 aliphatic heterocycles. The van der Waals surface area contributed by atoms with Crippen LogP contribution in [0.4, 0.5) is 11.6 Å². The van der Waals surface area contributed by atoms with Crippen molar-refractivity contribution in [2.45, 2.75) is 39.5 Å². The maximum atomic E-state index is 4.50. The van der Waals surface area contributed by atoms with Crippen LogP contribution in [-0.2, 0) is 0 Å². The summed E-state index contributed by atoms with van der Waals surface area (Å²) < 4.78 is 0. The van der Waals surface area contributed by atoms with Gasteiger partial charge in [0, 0.05) is 32.2 Å². The summed E-state index contributed by atoms with van der Waals surface area (Å²) >= 11 is 0. The largest absolute Gasteiger partial charge is 0.356 e. The quantitative estimate of drug-likeness (QED) is 0.830. The zero-order chi connectivity index (χ0) is 13.9. The summed E-state index contributed by atoms with van der Waals surface area (Å²) in [6.07, 6.45) is 6.92. The maximum absolute atomic E-state index is 4.50. The van der Waals surface area contributed by atoms with Crippen molar-refractivity contribution in [3.8, 4) is 0 Å². The van der Waals surface area contributed by atoms with Crippen molar-refractivity contribution in [2.24, 2.45) is 11.8 Å². The smallest absolute Gasteiger partial charge is 0.134 e. The van der Waals surface area contributed by atoms with Crippen molar-refractivity contribution in [2.75, 3.05) is 36.0 Å². The number of rotatable bonds is 2. The van der Waals surface area contributed by atoms with E-state index in [4.69, 9.17) is 0 Å². The Labute approximate surface area is 122 Å². The molecule has 3 rings (SSSR count). The van der Waals surface area contributed by atoms with Gasteiger partial charge in [-0.1, -0.05) is 13.8 Å². The van der Waals surface area contributed by atoms with Crippen molar-refractivity contribution >= 4 is 11.6 Å². The minimum absolute atomic E-state index is 0.776. The van der Waals surface area contributed by atoms with Crippen molar-refractivity contribution in [3.05, 3.63) is 12.4 Å². The predicted octanol–water partition coefficient (Wildman–Crippen LogP) is 2.95. The van der Waals surface area contributed by atoms with Gasteiger partial charge in [0.25, 0.3) is 0 Å². The Hall–Kier alpha value is -1.32. The maximum Gasteiger partial charge on any atom is 0.134 e. The van der Waals surface area contributed by atoms with E-state index in [2.05, 4.69) is 39.7 Å². The molecule has 1 aromatic rings. The fourth-order valence-corrected chi connectivity index (χ4v) is 3.32. The topological polar surface area (TPSA) is 32.3 Å². The van der Waals surface area contributed by atoms with Crippen LogP contribution < -0.4 is 9.80 Å². The molecule has 0 amide bonds. The second-order valence-electron chi connectivity index (χ2n) is 6.60. The van der Waals surface area contributed by atoms with E-state index in [9.17, 15) is 0 Å². The van der Waals surface area contributed by atoms with Gasteiger partial charge in [-0.3, -0.25) is 0 Å². The second kappa shape index (κ2) is 5.98. The van der Waals surface area contributed by atoms with Gasteiger partial charge in [-0.15, -0.1) is 0 Å². The Morgan fingerprint density at radius 2 is 1.60 bits per heavy atom. The van der Waals surface area contributed by atoms with E-state index in [1.54, 1.807) is 6.33 Å². The van der Waals surface area contributed by atoms with Crippen LogP contribution in [0.15, 0.2) is 12.4 Å². The standard InChI is InChI=1S/C16H26N4/c1-13-5-8-19(9-6-13)15-10-16(18-12-17-15)20-7-3-4-14(2)11-20/h10,12-14H,3-9,11H2,1-2H3. The first-order valence-electron chi connectivity index (χ1n) is 8.04. The monoisotopic (exact) mass is 274 g/mol. The summed E-state index contributed by atoms with van der Waals surface area (Å²) in [5.74, 6) is 3.86. The van der Waals surface area contributed by atoms with Gasteiger partial charge in [0.1, 0.15) is 18.0 Å². The number of anilines is 2. The lowest BCUT2D eigenvalue weighted by molar-refractivity contribution is 0.435. The van der Waals surface area contributed by atoms with E-state index < -0.39 is 0 Å². The van der Waals surface area contributed by atoms with E-state index in [0.29, 0.717) is 0 Å². The Morgan fingerprint density at radius 1 is 0.900 bits per heavy atom. The number of hydrogen-bond donors (Lipinski definition) is 0. The number of piperidine rings is 2. The van der Waals surface area contributed by atoms with Crippen LogP contribution >= 0.6 is 0 Å². The fourth-order valence-electron chi connectivity index (χ4n) is 3.32. The van der Waals surface area contributed by atoms with Gasteiger partial charge in [0.2, 0.25) is 0 Å². The Bertz CT molecular complexity index is 440. The molecular formula is C16H26N4. The molecule has 0 N–H and O–H groups in total. The highest BCUT2D eigenvalue weighted by atomic mass is 15.2. The molecule has 1 atom stereocenters. The van der Waals surface area contributed by atoms with Gasteiger partial charge in [0.15, 0.2) is 0 Å². The summed E-state index contributed by atoms with van der Waals surface area (Å²) in [7, 11) is 0. The predicted molar refractivity (Wildman–Crippen MR) is 83.3 cm³/mol. The Kier molecular flexibility index (Phi) is 4.08. The number of nitrogens with zero attached hydrogens (tertiary/aromatic N) is 4. The third-order valence-corrected chi connectivity index (χ3v) is 4.73. The molecule has 2 fully saturated rings. The van der Waals surface area contributed by atoms with Crippen LogP contribution in [0.2, 0.25) is 0 Å². The molecule has 0 saturated carbocycles. The molecule has 2 saturated heterocycles. The van der Waals surface area contributed by atoms with Gasteiger partial charge in [-0.25, -0.2) is 9.97 Å². The van der Waals surface area contributed by atoms with E-state index in [1.165, 1.54) is 25.7 Å². The van der Waals surface area contributed by atoms with Crippen LogP contribution in [0, 0.1) is 11.8 Å². The van der Waals surface area contributed by atoms with Gasteiger partial charge >= 0.3 is 0 Å². The average Bonchev–Trinajstić information content (AvgIpc) is 2.48. The normalized spacial score (nSPS) is 25.0. The van der Waals surface area contributed by atoms with Crippen molar-refractivity contribution in [3.63, 3.8) is 0 Å². The van der Waals surface area contributed by atoms with Gasteiger partial charge in [0.05, 0.1) is 0 Å². The lowest BCUT2D eigenvalue weighted by Gasteiger charge is -2.34. The first-order valence-corrected chi connectivity index (χ1v) is 8.04. The number of hydrogen-bond acceptors (Lipinski definition) is 4. The average molecular weight is 274 g/mol. The van der Waals surface area contributed by atoms with E-state index in [1.807, 2.05) is 0 Å². The third-order valence-electron chi connectivity index (χ3n) is 4.73. The van der Waals surface area contributed by atoms with Crippen LogP contribution in [0.5, 0.6) is 0 Å². The van der Waals surface area contributed by atoms with Gasteiger partial charge in [-0.05, 0) is 37.5 Å². The van der Waals surface area contributed by atoms with Crippen molar-refractivity contribution in [1.29, 1.82) is 0 Å². The summed E-state index contributed by atoms with van der Waals surface area (Å²) in [4.78, 5) is 13.8. The molecular weight excluding hydrogens is 248 g/mol. The highest BCUT2D eigenvalue weighted by Crippen LogP contribution is 2.26. The van der Waals surface area contributed by atoms with Crippen LogP contribution in [0.1, 0.15) is 39.5 Å². The molecule has 20 heavy (non-hydrogen) atoms. The van der Waals surface area contributed by atoms with Crippen molar-refractivity contribution < 1.29 is 0 Å². The molecule has 110 valence electrons. The highest BCUT2D eigenvalue weighted by molar-refractivity contribution is 5.50. The molecule has 4 heteroatoms. The summed E-state index contributed by atoms with van der Waals surface area (Å²) in [6, 6.07) is 2.19. The molecule has 2 aliphatic rings. The van der Waals surface area contributed by atoms with E-state index >= 15 is 0 Å². The molecule has 1 unspecified atom stereocenters. The van der Waals surface area contributed by atoms with E-state index in [-0.39, 0.29) is 0 Å². The van der Waals surface area contributed by atoms with Gasteiger partial charge < -0.3 is 9.80 Å². The second-order valence-corrected chi connectivity index (χ2v) is 6.60. The van der Waals surface area contributed by atoms with Gasteiger partial charge in [-0.2, -0.15) is 0 Å². The number of aromatic nitrogens is 2. The molecule has 4 nitrogen and oxygen atoms in total. The summed E-state index contributed by atoms with van der Waals surface area (Å²) in [5.41, 5.74) is 0. The molecule has 0 radical (unpaired) electrons. The molecule has 0 spiro atoms. The van der Waals surface area contributed by atoms with Crippen LogP contribution in [0.25, 0.3) is 0 Å². The summed E-state index contributed by atoms with van der Waals surface area (Å²) in [5, 5.41) is 0. The Balaban J connectivity index is 1.72. The minimum Gasteiger partial charge on any atom is -0.356 e. The minimum atomic E-state index is 0.776. The zero-order valence-electron chi connectivity index (χ0n) is 12.8. The Morgan fingerprint density at radius 3 is 2.30 bits per heavy atom. The first-order chi connectivity index (χ1) is 9.72. The fraction of sp³-hybridized carbons (Fsp3) is 0.750. The SMILES string of the molecule is CC1CCN(c2cc(N3CCCC(C)C3)ncn2)CC1. The third kappa shape index (κ3) is 3.05. The lowest BCUT2D eigenvalue weighted by atomic mass is 9.99. The highest BCUT2D eigenvalue weighted by Gasteiger charge is 2.20. The summed E-state index contributed by atoms with van der Waals surface area (Å²) in [6.45, 7) is 9.21.